The van der Waals surface area contributed by atoms with Crippen molar-refractivity contribution in [1.29, 1.82) is 0 Å². The van der Waals surface area contributed by atoms with Crippen molar-refractivity contribution in [2.45, 2.75) is 32.4 Å². The summed E-state index contributed by atoms with van der Waals surface area (Å²) in [5, 5.41) is 10.2. The normalized spacial score (nSPS) is 18.2. The van der Waals surface area contributed by atoms with E-state index < -0.39 is 12.1 Å². The number of piperazine rings is 1. The van der Waals surface area contributed by atoms with Gasteiger partial charge in [0.2, 0.25) is 5.91 Å². The number of para-hydroxylation sites is 1. The lowest BCUT2D eigenvalue weighted by molar-refractivity contribution is -0.134. The Morgan fingerprint density at radius 2 is 1.84 bits per heavy atom. The second kappa shape index (κ2) is 9.75. The van der Waals surface area contributed by atoms with E-state index in [9.17, 15) is 9.90 Å². The molecule has 0 radical (unpaired) electrons. The highest BCUT2D eigenvalue weighted by Gasteiger charge is 2.26. The van der Waals surface area contributed by atoms with Crippen LogP contribution in [0, 0.1) is 5.92 Å². The minimum atomic E-state index is -0.550. The lowest BCUT2D eigenvalue weighted by Crippen LogP contribution is -2.54. The topological polar surface area (TPSA) is 79.0 Å². The number of rotatable bonds is 8. The van der Waals surface area contributed by atoms with Crippen LogP contribution < -0.4 is 10.5 Å². The van der Waals surface area contributed by atoms with Crippen LogP contribution in [0.3, 0.4) is 0 Å². The summed E-state index contributed by atoms with van der Waals surface area (Å²) in [6.07, 6.45) is 0.167. The summed E-state index contributed by atoms with van der Waals surface area (Å²) >= 11 is 0. The molecule has 1 aromatic rings. The Morgan fingerprint density at radius 3 is 2.44 bits per heavy atom. The van der Waals surface area contributed by atoms with E-state index in [0.29, 0.717) is 32.0 Å². The largest absolute Gasteiger partial charge is 0.491 e. The number of amides is 1. The molecule has 1 saturated heterocycles. The van der Waals surface area contributed by atoms with Gasteiger partial charge in [0.05, 0.1) is 6.04 Å². The third kappa shape index (κ3) is 6.65. The molecule has 1 amide bonds. The first-order valence-corrected chi connectivity index (χ1v) is 9.08. The molecule has 0 aromatic heterocycles. The van der Waals surface area contributed by atoms with Gasteiger partial charge in [-0.15, -0.1) is 0 Å². The quantitative estimate of drug-likeness (QED) is 0.730. The summed E-state index contributed by atoms with van der Waals surface area (Å²) in [5.41, 5.74) is 6.00. The molecule has 2 rings (SSSR count). The van der Waals surface area contributed by atoms with Crippen LogP contribution in [0.25, 0.3) is 0 Å². The minimum absolute atomic E-state index is 0.0429. The predicted octanol–water partition coefficient (Wildman–Crippen LogP) is 0.944. The first-order chi connectivity index (χ1) is 12.0. The lowest BCUT2D eigenvalue weighted by Gasteiger charge is -2.36. The van der Waals surface area contributed by atoms with Gasteiger partial charge in [0.1, 0.15) is 18.5 Å². The molecule has 1 unspecified atom stereocenters. The zero-order valence-corrected chi connectivity index (χ0v) is 15.3. The van der Waals surface area contributed by atoms with E-state index in [1.807, 2.05) is 35.2 Å². The Labute approximate surface area is 150 Å². The number of nitrogens with two attached hydrogens (primary N) is 1. The summed E-state index contributed by atoms with van der Waals surface area (Å²) in [6.45, 7) is 7.79. The molecule has 1 fully saturated rings. The number of benzene rings is 1. The molecule has 6 heteroatoms. The Hall–Kier alpha value is -1.63. The molecule has 1 aromatic carbocycles. The van der Waals surface area contributed by atoms with E-state index in [1.165, 1.54) is 0 Å². The molecular weight excluding hydrogens is 318 g/mol. The fourth-order valence-corrected chi connectivity index (χ4v) is 3.05. The van der Waals surface area contributed by atoms with Crippen molar-refractivity contribution in [3.8, 4) is 5.75 Å². The van der Waals surface area contributed by atoms with Gasteiger partial charge in [0.15, 0.2) is 0 Å². The van der Waals surface area contributed by atoms with Crippen molar-refractivity contribution in [3.63, 3.8) is 0 Å². The van der Waals surface area contributed by atoms with Gasteiger partial charge < -0.3 is 20.5 Å². The van der Waals surface area contributed by atoms with Crippen LogP contribution >= 0.6 is 0 Å². The molecule has 2 atom stereocenters. The molecule has 0 bridgehead atoms. The predicted molar refractivity (Wildman–Crippen MR) is 98.4 cm³/mol. The van der Waals surface area contributed by atoms with Crippen molar-refractivity contribution in [2.24, 2.45) is 11.7 Å². The summed E-state index contributed by atoms with van der Waals surface area (Å²) in [6, 6.07) is 9.08. The molecule has 1 heterocycles. The molecule has 1 aliphatic rings. The minimum Gasteiger partial charge on any atom is -0.491 e. The number of ether oxygens (including phenoxy) is 1. The first-order valence-electron chi connectivity index (χ1n) is 9.08. The van der Waals surface area contributed by atoms with Gasteiger partial charge in [0, 0.05) is 32.7 Å². The fraction of sp³-hybridized carbons (Fsp3) is 0.632. The Morgan fingerprint density at radius 1 is 1.20 bits per heavy atom. The van der Waals surface area contributed by atoms with E-state index in [0.717, 1.165) is 18.8 Å². The summed E-state index contributed by atoms with van der Waals surface area (Å²) in [4.78, 5) is 16.3. The van der Waals surface area contributed by atoms with E-state index >= 15 is 0 Å². The van der Waals surface area contributed by atoms with E-state index in [1.54, 1.807) is 0 Å². The Kier molecular flexibility index (Phi) is 7.68. The number of aliphatic hydroxyl groups is 1. The van der Waals surface area contributed by atoms with Crippen LogP contribution in [-0.2, 0) is 4.79 Å². The van der Waals surface area contributed by atoms with Crippen LogP contribution in [0.4, 0.5) is 0 Å². The number of hydrogen-bond acceptors (Lipinski definition) is 5. The second-order valence-corrected chi connectivity index (χ2v) is 7.14. The van der Waals surface area contributed by atoms with Crippen molar-refractivity contribution < 1.29 is 14.6 Å². The molecule has 0 aliphatic carbocycles. The highest BCUT2D eigenvalue weighted by Crippen LogP contribution is 2.11. The van der Waals surface area contributed by atoms with Crippen molar-refractivity contribution >= 4 is 5.91 Å². The van der Waals surface area contributed by atoms with Gasteiger partial charge >= 0.3 is 0 Å². The fourth-order valence-electron chi connectivity index (χ4n) is 3.05. The van der Waals surface area contributed by atoms with Crippen molar-refractivity contribution in [2.75, 3.05) is 39.3 Å². The van der Waals surface area contributed by atoms with Gasteiger partial charge in [-0.25, -0.2) is 0 Å². The number of β-amino-alcohol motifs (C(OH)–C–C–N with tert-alkyl or cyclic N) is 1. The van der Waals surface area contributed by atoms with Gasteiger partial charge in [-0.3, -0.25) is 9.69 Å². The van der Waals surface area contributed by atoms with Gasteiger partial charge in [-0.1, -0.05) is 32.0 Å². The van der Waals surface area contributed by atoms with Gasteiger partial charge in [-0.2, -0.15) is 0 Å². The highest BCUT2D eigenvalue weighted by molar-refractivity contribution is 5.81. The lowest BCUT2D eigenvalue weighted by atomic mass is 10.0. The zero-order valence-electron chi connectivity index (χ0n) is 15.3. The average molecular weight is 349 g/mol. The standard InChI is InChI=1S/C19H31N3O3/c1-15(2)12-18(20)19(24)22-10-8-21(9-11-22)13-16(23)14-25-17-6-4-3-5-7-17/h3-7,15-16,18,23H,8-14,20H2,1-2H3/t16?,18-/m0/s1. The summed E-state index contributed by atoms with van der Waals surface area (Å²) in [7, 11) is 0. The second-order valence-electron chi connectivity index (χ2n) is 7.14. The van der Waals surface area contributed by atoms with Crippen LogP contribution in [0.5, 0.6) is 5.75 Å². The maximum Gasteiger partial charge on any atom is 0.239 e. The van der Waals surface area contributed by atoms with Gasteiger partial charge in [-0.05, 0) is 24.5 Å². The molecule has 3 N–H and O–H groups in total. The third-order valence-corrected chi connectivity index (χ3v) is 4.38. The van der Waals surface area contributed by atoms with Crippen LogP contribution in [0.2, 0.25) is 0 Å². The molecule has 0 spiro atoms. The van der Waals surface area contributed by atoms with E-state index in [4.69, 9.17) is 10.5 Å². The monoisotopic (exact) mass is 349 g/mol. The van der Waals surface area contributed by atoms with Crippen molar-refractivity contribution in [1.82, 2.24) is 9.80 Å². The smallest absolute Gasteiger partial charge is 0.239 e. The summed E-state index contributed by atoms with van der Waals surface area (Å²) < 4.78 is 5.58. The molecule has 1 aliphatic heterocycles. The molecule has 0 saturated carbocycles. The van der Waals surface area contributed by atoms with E-state index in [-0.39, 0.29) is 12.5 Å². The van der Waals surface area contributed by atoms with Crippen LogP contribution in [0.1, 0.15) is 20.3 Å². The third-order valence-electron chi connectivity index (χ3n) is 4.38. The average Bonchev–Trinajstić information content (AvgIpc) is 2.60. The Bertz CT molecular complexity index is 516. The van der Waals surface area contributed by atoms with E-state index in [2.05, 4.69) is 18.7 Å². The number of carbonyl (C=O) groups excluding carboxylic acids is 1. The zero-order chi connectivity index (χ0) is 18.2. The molecule has 140 valence electrons. The molecular formula is C19H31N3O3. The van der Waals surface area contributed by atoms with Crippen LogP contribution in [-0.4, -0.2) is 72.3 Å². The molecule has 6 nitrogen and oxygen atoms in total. The number of carbonyl (C=O) groups is 1. The SMILES string of the molecule is CC(C)C[C@H](N)C(=O)N1CCN(CC(O)COc2ccccc2)CC1. The Balaban J connectivity index is 1.68. The highest BCUT2D eigenvalue weighted by atomic mass is 16.5. The molecule has 25 heavy (non-hydrogen) atoms. The maximum atomic E-state index is 12.3. The van der Waals surface area contributed by atoms with Crippen molar-refractivity contribution in [3.05, 3.63) is 30.3 Å². The number of hydrogen-bond donors (Lipinski definition) is 2. The number of aliphatic hydroxyl groups excluding tert-OH is 1. The summed E-state index contributed by atoms with van der Waals surface area (Å²) in [5.74, 6) is 1.22. The number of nitrogens with zero attached hydrogens (tertiary/aromatic N) is 2. The van der Waals surface area contributed by atoms with Gasteiger partial charge in [0.25, 0.3) is 0 Å². The van der Waals surface area contributed by atoms with Crippen LogP contribution in [0.15, 0.2) is 30.3 Å². The maximum absolute atomic E-state index is 12.3. The first kappa shape index (κ1) is 19.7.